The van der Waals surface area contributed by atoms with Gasteiger partial charge in [-0.15, -0.1) is 0 Å². The van der Waals surface area contributed by atoms with Crippen molar-refractivity contribution in [2.45, 2.75) is 50.2 Å². The van der Waals surface area contributed by atoms with Crippen molar-refractivity contribution in [1.82, 2.24) is 14.9 Å². The van der Waals surface area contributed by atoms with E-state index in [1.54, 1.807) is 12.1 Å². The topological polar surface area (TPSA) is 171 Å². The Morgan fingerprint density at radius 1 is 1.17 bits per heavy atom. The molecule has 1 aliphatic heterocycles. The van der Waals surface area contributed by atoms with Gasteiger partial charge in [-0.1, -0.05) is 13.8 Å². The second-order valence-electron chi connectivity index (χ2n) is 10.4. The summed E-state index contributed by atoms with van der Waals surface area (Å²) in [5, 5.41) is 17.6. The van der Waals surface area contributed by atoms with Gasteiger partial charge >= 0.3 is 15.0 Å². The molecule has 3 aromatic rings. The summed E-state index contributed by atoms with van der Waals surface area (Å²) in [7, 11) is -1.26. The number of ether oxygens (including phenoxy) is 2. The SMILES string of the molecule is COc1cc2cc(C(=O)N[C@H](CC(C)C)C(=O)N[C@@H]3CCCN(S(=O)(=O)c4cccc[n+]4[O-])CC3=O)oc2cc1OC. The lowest BCUT2D eigenvalue weighted by Gasteiger charge is -2.23. The van der Waals surface area contributed by atoms with E-state index in [0.717, 1.165) is 10.5 Å². The van der Waals surface area contributed by atoms with E-state index in [4.69, 9.17) is 13.9 Å². The van der Waals surface area contributed by atoms with E-state index < -0.39 is 51.3 Å². The molecular formula is C28H34N4O9S. The maximum Gasteiger partial charge on any atom is 0.323 e. The molecule has 13 nitrogen and oxygen atoms in total. The number of hydrogen-bond donors (Lipinski definition) is 2. The summed E-state index contributed by atoms with van der Waals surface area (Å²) in [4.78, 5) is 39.6. The van der Waals surface area contributed by atoms with Gasteiger partial charge in [0.1, 0.15) is 11.6 Å². The van der Waals surface area contributed by atoms with Crippen molar-refractivity contribution in [1.29, 1.82) is 0 Å². The Morgan fingerprint density at radius 3 is 2.55 bits per heavy atom. The molecule has 3 heterocycles. The molecule has 2 atom stereocenters. The molecule has 0 radical (unpaired) electrons. The summed E-state index contributed by atoms with van der Waals surface area (Å²) < 4.78 is 43.6. The summed E-state index contributed by atoms with van der Waals surface area (Å²) in [5.74, 6) is -0.836. The number of amides is 2. The van der Waals surface area contributed by atoms with Crippen molar-refractivity contribution in [3.8, 4) is 11.5 Å². The zero-order valence-electron chi connectivity index (χ0n) is 23.8. The number of carbonyl (C=O) groups is 3. The van der Waals surface area contributed by atoms with E-state index in [1.165, 1.54) is 38.5 Å². The number of pyridine rings is 1. The van der Waals surface area contributed by atoms with E-state index in [2.05, 4.69) is 10.6 Å². The van der Waals surface area contributed by atoms with Crippen LogP contribution in [0.1, 0.15) is 43.7 Å². The van der Waals surface area contributed by atoms with Gasteiger partial charge in [-0.25, -0.2) is 8.42 Å². The molecule has 0 unspecified atom stereocenters. The van der Waals surface area contributed by atoms with Gasteiger partial charge in [0.2, 0.25) is 5.91 Å². The number of nitrogens with zero attached hydrogens (tertiary/aromatic N) is 2. The van der Waals surface area contributed by atoms with Gasteiger partial charge in [-0.2, -0.15) is 9.04 Å². The third-order valence-electron chi connectivity index (χ3n) is 6.91. The molecule has 226 valence electrons. The standard InChI is InChI=1S/C28H34N4O9S/c1-17(2)12-20(30-28(35)25-14-18-13-23(39-3)24(40-4)15-22(18)41-25)27(34)29-19-8-7-10-31(16-21(19)33)42(37,38)26-9-5-6-11-32(26)36/h5-6,9,11,13-15,17,19-20H,7-8,10,12,16H2,1-4H3,(H,29,34)(H,30,35)/t19-,20-/m1/s1. The van der Waals surface area contributed by atoms with Crippen LogP contribution in [0.15, 0.2) is 52.0 Å². The lowest BCUT2D eigenvalue weighted by atomic mass is 10.0. The molecule has 0 saturated carbocycles. The van der Waals surface area contributed by atoms with Gasteiger partial charge in [0.05, 0.1) is 26.8 Å². The maximum atomic E-state index is 13.3. The maximum absolute atomic E-state index is 13.3. The first-order valence-electron chi connectivity index (χ1n) is 13.4. The molecular weight excluding hydrogens is 568 g/mol. The molecule has 0 spiro atoms. The van der Waals surface area contributed by atoms with E-state index in [-0.39, 0.29) is 42.2 Å². The van der Waals surface area contributed by atoms with Gasteiger partial charge in [0, 0.05) is 30.1 Å². The number of benzene rings is 1. The highest BCUT2D eigenvalue weighted by atomic mass is 32.2. The van der Waals surface area contributed by atoms with Gasteiger partial charge in [0.15, 0.2) is 29.2 Å². The fourth-order valence-corrected chi connectivity index (χ4v) is 6.25. The van der Waals surface area contributed by atoms with E-state index >= 15 is 0 Å². The first-order chi connectivity index (χ1) is 19.9. The highest BCUT2D eigenvalue weighted by Gasteiger charge is 2.37. The molecule has 0 bridgehead atoms. The molecule has 1 aromatic carbocycles. The van der Waals surface area contributed by atoms with Crippen LogP contribution in [-0.2, 0) is 19.6 Å². The number of carbonyl (C=O) groups excluding carboxylic acids is 3. The largest absolute Gasteiger partial charge is 0.618 e. The minimum absolute atomic E-state index is 0.00310. The Kier molecular flexibility index (Phi) is 9.36. The average molecular weight is 603 g/mol. The average Bonchev–Trinajstić information content (AvgIpc) is 3.28. The predicted octanol–water partition coefficient (Wildman–Crippen LogP) is 1.77. The van der Waals surface area contributed by atoms with Crippen molar-refractivity contribution in [3.63, 3.8) is 0 Å². The molecule has 14 heteroatoms. The molecule has 0 aliphatic carbocycles. The smallest absolute Gasteiger partial charge is 0.323 e. The van der Waals surface area contributed by atoms with Crippen molar-refractivity contribution in [2.24, 2.45) is 5.92 Å². The van der Waals surface area contributed by atoms with Crippen molar-refractivity contribution >= 4 is 38.6 Å². The summed E-state index contributed by atoms with van der Waals surface area (Å²) in [6.07, 6.45) is 1.81. The van der Waals surface area contributed by atoms with Crippen LogP contribution in [0.5, 0.6) is 11.5 Å². The van der Waals surface area contributed by atoms with Crippen LogP contribution >= 0.6 is 0 Å². The van der Waals surface area contributed by atoms with Crippen LogP contribution in [0.2, 0.25) is 0 Å². The highest BCUT2D eigenvalue weighted by Crippen LogP contribution is 2.33. The molecule has 1 aliphatic rings. The van der Waals surface area contributed by atoms with Gasteiger partial charge < -0.3 is 29.7 Å². The number of methoxy groups -OCH3 is 2. The Labute approximate surface area is 243 Å². The quantitative estimate of drug-likeness (QED) is 0.259. The minimum atomic E-state index is -4.23. The Balaban J connectivity index is 1.47. The van der Waals surface area contributed by atoms with Gasteiger partial charge in [-0.05, 0) is 43.4 Å². The number of aromatic nitrogens is 1. The summed E-state index contributed by atoms with van der Waals surface area (Å²) in [6.45, 7) is 3.27. The molecule has 4 rings (SSSR count). The molecule has 2 aromatic heterocycles. The Bertz CT molecular complexity index is 1540. The first kappa shape index (κ1) is 30.8. The van der Waals surface area contributed by atoms with Crippen LogP contribution in [-0.4, -0.2) is 69.7 Å². The Morgan fingerprint density at radius 2 is 1.88 bits per heavy atom. The van der Waals surface area contributed by atoms with E-state index in [0.29, 0.717) is 22.5 Å². The highest BCUT2D eigenvalue weighted by molar-refractivity contribution is 7.89. The number of rotatable bonds is 10. The van der Waals surface area contributed by atoms with Crippen molar-refractivity contribution < 1.29 is 41.4 Å². The third-order valence-corrected chi connectivity index (χ3v) is 8.74. The van der Waals surface area contributed by atoms with Crippen molar-refractivity contribution in [2.75, 3.05) is 27.3 Å². The molecule has 2 amide bonds. The monoisotopic (exact) mass is 602 g/mol. The van der Waals surface area contributed by atoms with E-state index in [9.17, 15) is 28.0 Å². The number of sulfonamides is 1. The van der Waals surface area contributed by atoms with Crippen LogP contribution in [0, 0.1) is 11.1 Å². The molecule has 1 fully saturated rings. The molecule has 1 saturated heterocycles. The first-order valence-corrected chi connectivity index (χ1v) is 14.9. The van der Waals surface area contributed by atoms with Gasteiger partial charge in [0.25, 0.3) is 5.91 Å². The second kappa shape index (κ2) is 12.8. The number of hydrogen-bond acceptors (Lipinski definition) is 9. The third kappa shape index (κ3) is 6.65. The fraction of sp³-hybridized carbons (Fsp3) is 0.429. The zero-order chi connectivity index (χ0) is 30.6. The zero-order valence-corrected chi connectivity index (χ0v) is 24.6. The lowest BCUT2D eigenvalue weighted by Crippen LogP contribution is -2.52. The number of furan rings is 1. The number of Topliss-reactive ketones (excluding diaryl/α,β-unsaturated/α-hetero) is 1. The van der Waals surface area contributed by atoms with Crippen LogP contribution in [0.4, 0.5) is 0 Å². The summed E-state index contributed by atoms with van der Waals surface area (Å²) in [6, 6.07) is 6.83. The normalized spacial score (nSPS) is 17.1. The van der Waals surface area contributed by atoms with Crippen LogP contribution < -0.4 is 24.8 Å². The fourth-order valence-electron chi connectivity index (χ4n) is 4.78. The lowest BCUT2D eigenvalue weighted by molar-refractivity contribution is -0.646. The van der Waals surface area contributed by atoms with Gasteiger partial charge in [-0.3, -0.25) is 14.4 Å². The van der Waals surface area contributed by atoms with Crippen molar-refractivity contribution in [3.05, 3.63) is 53.6 Å². The minimum Gasteiger partial charge on any atom is -0.618 e. The van der Waals surface area contributed by atoms with Crippen LogP contribution in [0.3, 0.4) is 0 Å². The number of ketones is 1. The predicted molar refractivity (Wildman–Crippen MR) is 150 cm³/mol. The molecule has 42 heavy (non-hydrogen) atoms. The number of nitrogens with one attached hydrogen (secondary N) is 2. The molecule has 2 N–H and O–H groups in total. The summed E-state index contributed by atoms with van der Waals surface area (Å²) >= 11 is 0. The van der Waals surface area contributed by atoms with E-state index in [1.807, 2.05) is 13.8 Å². The second-order valence-corrected chi connectivity index (χ2v) is 12.3. The number of fused-ring (bicyclic) bond motifs is 1. The Hall–Kier alpha value is -4.17. The van der Waals surface area contributed by atoms with Crippen LogP contribution in [0.25, 0.3) is 11.0 Å². The summed E-state index contributed by atoms with van der Waals surface area (Å²) in [5.41, 5.74) is 0.393.